The fourth-order valence-corrected chi connectivity index (χ4v) is 7.53. The molecular formula is C66H76O4. The minimum Gasteiger partial charge on any atom is -0.489 e. The third-order valence-electron chi connectivity index (χ3n) is 10.7. The van der Waals surface area contributed by atoms with Crippen LogP contribution in [0.15, 0.2) is 218 Å². The number of benzene rings is 8. The van der Waals surface area contributed by atoms with E-state index in [0.717, 1.165) is 60.2 Å². The van der Waals surface area contributed by atoms with Crippen molar-refractivity contribution in [1.82, 2.24) is 0 Å². The summed E-state index contributed by atoms with van der Waals surface area (Å²) >= 11 is 0. The van der Waals surface area contributed by atoms with E-state index in [9.17, 15) is 0 Å². The van der Waals surface area contributed by atoms with Crippen molar-refractivity contribution in [3.8, 4) is 34.5 Å². The van der Waals surface area contributed by atoms with Crippen LogP contribution in [0.1, 0.15) is 88.8 Å². The van der Waals surface area contributed by atoms with Crippen LogP contribution in [0.5, 0.6) is 34.5 Å². The maximum Gasteiger partial charge on any atom is 0.127 e. The molecule has 0 spiro atoms. The second-order valence-electron chi connectivity index (χ2n) is 19.4. The van der Waals surface area contributed by atoms with Crippen LogP contribution in [0.25, 0.3) is 0 Å². The van der Waals surface area contributed by atoms with E-state index in [1.807, 2.05) is 121 Å². The maximum absolute atomic E-state index is 5.81. The van der Waals surface area contributed by atoms with Gasteiger partial charge in [-0.15, -0.1) is 0 Å². The molecule has 0 unspecified atom stereocenters. The average molecular weight is 933 g/mol. The lowest BCUT2D eigenvalue weighted by Gasteiger charge is -2.09. The molecule has 4 heteroatoms. The van der Waals surface area contributed by atoms with Gasteiger partial charge in [-0.2, -0.15) is 0 Å². The molecule has 0 saturated heterocycles. The monoisotopic (exact) mass is 933 g/mol. The Morgan fingerprint density at radius 3 is 0.943 bits per heavy atom. The lowest BCUT2D eigenvalue weighted by molar-refractivity contribution is 0.306. The third kappa shape index (κ3) is 22.4. The summed E-state index contributed by atoms with van der Waals surface area (Å²) in [6.07, 6.45) is 4.43. The number of hydrogen-bond acceptors (Lipinski definition) is 4. The van der Waals surface area contributed by atoms with Crippen molar-refractivity contribution in [1.29, 1.82) is 0 Å². The van der Waals surface area contributed by atoms with Gasteiger partial charge in [0, 0.05) is 0 Å². The lowest BCUT2D eigenvalue weighted by Crippen LogP contribution is -1.97. The smallest absolute Gasteiger partial charge is 0.127 e. The molecule has 4 nitrogen and oxygen atoms in total. The van der Waals surface area contributed by atoms with Crippen LogP contribution in [0.2, 0.25) is 0 Å². The Balaban J connectivity index is 0.000000174. The molecule has 0 radical (unpaired) electrons. The zero-order chi connectivity index (χ0) is 49.8. The Kier molecular flexibility index (Phi) is 23.4. The number of ether oxygens (including phenoxy) is 4. The van der Waals surface area contributed by atoms with Crippen molar-refractivity contribution < 1.29 is 18.9 Å². The molecule has 0 fully saturated rings. The van der Waals surface area contributed by atoms with E-state index in [-0.39, 0.29) is 0 Å². The van der Waals surface area contributed by atoms with E-state index in [0.29, 0.717) is 36.9 Å². The van der Waals surface area contributed by atoms with E-state index < -0.39 is 0 Å². The van der Waals surface area contributed by atoms with Gasteiger partial charge in [-0.1, -0.05) is 201 Å². The van der Waals surface area contributed by atoms with Crippen LogP contribution < -0.4 is 18.9 Å². The standard InChI is InChI=1S/2C17H20O.2C16H18O/c1-14(2)11-16-9-6-10-17(12-16)18-13-15-7-4-3-5-8-15;1-14(2)12-15-8-10-17(11-9-15)18-13-16-6-4-3-5-7-16;1-13(2)11-14-7-6-10-16(12-14)17-15-8-4-3-5-9-15;1-13(2)12-14-8-10-16(11-9-14)17-15-6-4-3-5-7-15/h3-10,12,14H,11,13H2,1-2H3;3-11,14H,12-13H2,1-2H3;3-10,12-13H,11H2,1-2H3;3-11,13H,12H2,1-2H3. The minimum absolute atomic E-state index is 0.629. The largest absolute Gasteiger partial charge is 0.489 e. The molecule has 0 amide bonds. The molecule has 0 N–H and O–H groups in total. The van der Waals surface area contributed by atoms with Gasteiger partial charge in [0.15, 0.2) is 0 Å². The molecule has 0 aromatic heterocycles. The van der Waals surface area contributed by atoms with Gasteiger partial charge in [-0.05, 0) is 156 Å². The van der Waals surface area contributed by atoms with E-state index >= 15 is 0 Å². The molecule has 70 heavy (non-hydrogen) atoms. The predicted molar refractivity (Wildman–Crippen MR) is 295 cm³/mol. The summed E-state index contributed by atoms with van der Waals surface area (Å²) in [5, 5.41) is 0. The third-order valence-corrected chi connectivity index (χ3v) is 10.7. The molecule has 0 atom stereocenters. The molecule has 364 valence electrons. The van der Waals surface area contributed by atoms with Gasteiger partial charge in [0.05, 0.1) is 0 Å². The van der Waals surface area contributed by atoms with Crippen LogP contribution in [-0.2, 0) is 38.9 Å². The summed E-state index contributed by atoms with van der Waals surface area (Å²) in [6, 6.07) is 73.7. The highest BCUT2D eigenvalue weighted by Gasteiger charge is 2.04. The molecule has 8 aromatic rings. The van der Waals surface area contributed by atoms with Gasteiger partial charge in [-0.25, -0.2) is 0 Å². The first kappa shape index (κ1) is 53.9. The van der Waals surface area contributed by atoms with Gasteiger partial charge in [0.25, 0.3) is 0 Å². The Morgan fingerprint density at radius 2 is 0.529 bits per heavy atom. The average Bonchev–Trinajstić information content (AvgIpc) is 3.35. The number of para-hydroxylation sites is 2. The van der Waals surface area contributed by atoms with Crippen molar-refractivity contribution in [3.05, 3.63) is 252 Å². The minimum atomic E-state index is 0.629. The van der Waals surface area contributed by atoms with E-state index in [4.69, 9.17) is 18.9 Å². The molecule has 0 saturated carbocycles. The summed E-state index contributed by atoms with van der Waals surface area (Å²) < 4.78 is 23.1. The Labute approximate surface area is 421 Å². The van der Waals surface area contributed by atoms with Gasteiger partial charge < -0.3 is 18.9 Å². The Hall–Kier alpha value is -7.04. The fraction of sp³-hybridized carbons (Fsp3) is 0.273. The lowest BCUT2D eigenvalue weighted by atomic mass is 10.0. The van der Waals surface area contributed by atoms with Crippen LogP contribution in [0.4, 0.5) is 0 Å². The topological polar surface area (TPSA) is 36.9 Å². The summed E-state index contributed by atoms with van der Waals surface area (Å²) in [6.45, 7) is 19.1. The highest BCUT2D eigenvalue weighted by molar-refractivity contribution is 5.35. The van der Waals surface area contributed by atoms with Gasteiger partial charge in [0.2, 0.25) is 0 Å². The van der Waals surface area contributed by atoms with Crippen molar-refractivity contribution in [2.24, 2.45) is 23.7 Å². The number of hydrogen-bond donors (Lipinski definition) is 0. The van der Waals surface area contributed by atoms with Crippen molar-refractivity contribution in [2.75, 3.05) is 0 Å². The van der Waals surface area contributed by atoms with E-state index in [1.165, 1.54) is 33.4 Å². The van der Waals surface area contributed by atoms with Crippen molar-refractivity contribution in [3.63, 3.8) is 0 Å². The van der Waals surface area contributed by atoms with Crippen LogP contribution in [0, 0.1) is 23.7 Å². The predicted octanol–water partition coefficient (Wildman–Crippen LogP) is 18.3. The van der Waals surface area contributed by atoms with E-state index in [1.54, 1.807) is 0 Å². The zero-order valence-electron chi connectivity index (χ0n) is 43.0. The molecule has 8 rings (SSSR count). The fourth-order valence-electron chi connectivity index (χ4n) is 7.53. The summed E-state index contributed by atoms with van der Waals surface area (Å²) in [7, 11) is 0. The zero-order valence-corrected chi connectivity index (χ0v) is 43.0. The van der Waals surface area contributed by atoms with Gasteiger partial charge in [0.1, 0.15) is 47.7 Å². The van der Waals surface area contributed by atoms with Gasteiger partial charge in [-0.3, -0.25) is 0 Å². The first-order valence-electron chi connectivity index (χ1n) is 25.1. The second kappa shape index (κ2) is 30.4. The normalized spacial score (nSPS) is 10.6. The Bertz CT molecular complexity index is 2570. The van der Waals surface area contributed by atoms with Crippen molar-refractivity contribution >= 4 is 0 Å². The van der Waals surface area contributed by atoms with Crippen LogP contribution >= 0.6 is 0 Å². The van der Waals surface area contributed by atoms with E-state index in [2.05, 4.69) is 152 Å². The molecule has 0 aliphatic rings. The molecule has 0 aliphatic heterocycles. The second-order valence-corrected chi connectivity index (χ2v) is 19.4. The summed E-state index contributed by atoms with van der Waals surface area (Å²) in [5.41, 5.74) is 7.80. The first-order chi connectivity index (χ1) is 33.9. The molecule has 0 bridgehead atoms. The molecule has 8 aromatic carbocycles. The maximum atomic E-state index is 5.81. The highest BCUT2D eigenvalue weighted by atomic mass is 16.5. The SMILES string of the molecule is CC(C)Cc1ccc(OCc2ccccc2)cc1.CC(C)Cc1ccc(Oc2ccccc2)cc1.CC(C)Cc1cccc(OCc2ccccc2)c1.CC(C)Cc1cccc(Oc2ccccc2)c1. The Morgan fingerprint density at radius 1 is 0.243 bits per heavy atom. The quantitative estimate of drug-likeness (QED) is 0.0859. The van der Waals surface area contributed by atoms with Gasteiger partial charge >= 0.3 is 0 Å². The van der Waals surface area contributed by atoms with Crippen molar-refractivity contribution in [2.45, 2.75) is 94.3 Å². The molecular weight excluding hydrogens is 857 g/mol. The number of rotatable bonds is 18. The molecule has 0 heterocycles. The summed E-state index contributed by atoms with van der Waals surface area (Å²) in [4.78, 5) is 0. The highest BCUT2D eigenvalue weighted by Crippen LogP contribution is 2.24. The van der Waals surface area contributed by atoms with Crippen LogP contribution in [0.3, 0.4) is 0 Å². The first-order valence-corrected chi connectivity index (χ1v) is 25.1. The summed E-state index contributed by atoms with van der Waals surface area (Å²) in [5.74, 6) is 8.19. The van der Waals surface area contributed by atoms with Crippen LogP contribution in [-0.4, -0.2) is 0 Å². The molecule has 0 aliphatic carbocycles.